The van der Waals surface area contributed by atoms with Crippen molar-refractivity contribution in [3.8, 4) is 0 Å². The first-order valence-corrected chi connectivity index (χ1v) is 8.24. The van der Waals surface area contributed by atoms with Crippen LogP contribution in [0.4, 0.5) is 0 Å². The largest absolute Gasteiger partial charge is 0.315 e. The van der Waals surface area contributed by atoms with Crippen molar-refractivity contribution in [2.24, 2.45) is 5.92 Å². The Bertz CT molecular complexity index is 353. The molecule has 0 spiro atoms. The van der Waals surface area contributed by atoms with E-state index in [0.717, 1.165) is 19.0 Å². The van der Waals surface area contributed by atoms with Crippen LogP contribution in [0.2, 0.25) is 0 Å². The average Bonchev–Trinajstić information content (AvgIpc) is 2.73. The highest BCUT2D eigenvalue weighted by Crippen LogP contribution is 2.16. The SMILES string of the molecule is CC(C)CCN(Cc1ccccc1)C1CCCCNC1. The highest BCUT2D eigenvalue weighted by molar-refractivity contribution is 5.14. The summed E-state index contributed by atoms with van der Waals surface area (Å²) in [6, 6.07) is 11.6. The van der Waals surface area contributed by atoms with Crippen molar-refractivity contribution in [2.75, 3.05) is 19.6 Å². The molecule has 1 atom stereocenters. The van der Waals surface area contributed by atoms with Gasteiger partial charge in [-0.1, -0.05) is 50.6 Å². The summed E-state index contributed by atoms with van der Waals surface area (Å²) in [6.07, 6.45) is 5.34. The van der Waals surface area contributed by atoms with Gasteiger partial charge in [-0.3, -0.25) is 4.90 Å². The van der Waals surface area contributed by atoms with Gasteiger partial charge >= 0.3 is 0 Å². The Hall–Kier alpha value is -0.860. The van der Waals surface area contributed by atoms with Crippen LogP contribution < -0.4 is 5.32 Å². The van der Waals surface area contributed by atoms with E-state index in [9.17, 15) is 0 Å². The maximum atomic E-state index is 3.61. The standard InChI is InChI=1S/C18H30N2/c1-16(2)11-13-20(15-17-8-4-3-5-9-17)18-10-6-7-12-19-14-18/h3-5,8-9,16,18-19H,6-7,10-15H2,1-2H3. The number of nitrogens with one attached hydrogen (secondary N) is 1. The summed E-state index contributed by atoms with van der Waals surface area (Å²) in [5.41, 5.74) is 1.44. The minimum Gasteiger partial charge on any atom is -0.315 e. The zero-order chi connectivity index (χ0) is 14.2. The van der Waals surface area contributed by atoms with Gasteiger partial charge in [0.1, 0.15) is 0 Å². The molecule has 20 heavy (non-hydrogen) atoms. The Morgan fingerprint density at radius 1 is 1.20 bits per heavy atom. The molecule has 1 aliphatic heterocycles. The zero-order valence-electron chi connectivity index (χ0n) is 13.1. The number of rotatable bonds is 6. The summed E-state index contributed by atoms with van der Waals surface area (Å²) in [5, 5.41) is 3.61. The molecule has 0 amide bonds. The maximum Gasteiger partial charge on any atom is 0.0237 e. The van der Waals surface area contributed by atoms with Crippen molar-refractivity contribution in [1.29, 1.82) is 0 Å². The van der Waals surface area contributed by atoms with Crippen LogP contribution in [0.1, 0.15) is 45.1 Å². The maximum absolute atomic E-state index is 3.61. The van der Waals surface area contributed by atoms with Gasteiger partial charge in [-0.2, -0.15) is 0 Å². The fourth-order valence-corrected chi connectivity index (χ4v) is 2.95. The molecule has 0 aliphatic carbocycles. The molecule has 2 heteroatoms. The molecular weight excluding hydrogens is 244 g/mol. The second kappa shape index (κ2) is 8.43. The van der Waals surface area contributed by atoms with E-state index in [2.05, 4.69) is 54.4 Å². The first-order chi connectivity index (χ1) is 9.75. The Kier molecular flexibility index (Phi) is 6.55. The minimum atomic E-state index is 0.705. The van der Waals surface area contributed by atoms with Gasteiger partial charge in [0.15, 0.2) is 0 Å². The fraction of sp³-hybridized carbons (Fsp3) is 0.667. The van der Waals surface area contributed by atoms with Gasteiger partial charge in [-0.15, -0.1) is 0 Å². The Labute approximate surface area is 124 Å². The second-order valence-corrected chi connectivity index (χ2v) is 6.49. The van der Waals surface area contributed by atoms with E-state index in [1.165, 1.54) is 44.3 Å². The lowest BCUT2D eigenvalue weighted by atomic mass is 10.1. The molecule has 1 saturated heterocycles. The fourth-order valence-electron chi connectivity index (χ4n) is 2.95. The molecule has 0 saturated carbocycles. The van der Waals surface area contributed by atoms with Gasteiger partial charge in [0.05, 0.1) is 0 Å². The van der Waals surface area contributed by atoms with Gasteiger partial charge in [0, 0.05) is 19.1 Å². The van der Waals surface area contributed by atoms with E-state index in [0.29, 0.717) is 6.04 Å². The molecule has 1 unspecified atom stereocenters. The molecule has 112 valence electrons. The molecule has 1 aliphatic rings. The summed E-state index contributed by atoms with van der Waals surface area (Å²) in [7, 11) is 0. The molecule has 1 aromatic rings. The van der Waals surface area contributed by atoms with Crippen molar-refractivity contribution in [1.82, 2.24) is 10.2 Å². The van der Waals surface area contributed by atoms with Crippen molar-refractivity contribution in [3.63, 3.8) is 0 Å². The van der Waals surface area contributed by atoms with E-state index < -0.39 is 0 Å². The Morgan fingerprint density at radius 2 is 2.00 bits per heavy atom. The predicted molar refractivity (Wildman–Crippen MR) is 86.8 cm³/mol. The molecule has 2 nitrogen and oxygen atoms in total. The van der Waals surface area contributed by atoms with Crippen LogP contribution >= 0.6 is 0 Å². The van der Waals surface area contributed by atoms with E-state index in [4.69, 9.17) is 0 Å². The normalized spacial score (nSPS) is 20.3. The highest BCUT2D eigenvalue weighted by Gasteiger charge is 2.20. The van der Waals surface area contributed by atoms with Crippen LogP contribution in [-0.2, 0) is 6.54 Å². The van der Waals surface area contributed by atoms with Crippen molar-refractivity contribution in [3.05, 3.63) is 35.9 Å². The second-order valence-electron chi connectivity index (χ2n) is 6.49. The number of benzene rings is 1. The van der Waals surface area contributed by atoms with E-state index in [1.54, 1.807) is 0 Å². The number of hydrogen-bond acceptors (Lipinski definition) is 2. The topological polar surface area (TPSA) is 15.3 Å². The third kappa shape index (κ3) is 5.26. The van der Waals surface area contributed by atoms with Crippen LogP contribution in [0.15, 0.2) is 30.3 Å². The van der Waals surface area contributed by atoms with Crippen molar-refractivity contribution < 1.29 is 0 Å². The zero-order valence-corrected chi connectivity index (χ0v) is 13.1. The molecule has 1 fully saturated rings. The molecular formula is C18H30N2. The summed E-state index contributed by atoms with van der Waals surface area (Å²) in [6.45, 7) is 9.32. The molecule has 0 aromatic heterocycles. The van der Waals surface area contributed by atoms with Crippen LogP contribution in [0.3, 0.4) is 0 Å². The van der Waals surface area contributed by atoms with Crippen LogP contribution in [0.5, 0.6) is 0 Å². The predicted octanol–water partition coefficient (Wildman–Crippen LogP) is 3.68. The summed E-state index contributed by atoms with van der Waals surface area (Å²) in [5.74, 6) is 0.784. The van der Waals surface area contributed by atoms with E-state index >= 15 is 0 Å². The van der Waals surface area contributed by atoms with Crippen LogP contribution in [-0.4, -0.2) is 30.6 Å². The Balaban J connectivity index is 1.98. The minimum absolute atomic E-state index is 0.705. The van der Waals surface area contributed by atoms with Gasteiger partial charge in [0.25, 0.3) is 0 Å². The summed E-state index contributed by atoms with van der Waals surface area (Å²) in [4.78, 5) is 2.70. The molecule has 0 radical (unpaired) electrons. The quantitative estimate of drug-likeness (QED) is 0.851. The average molecular weight is 274 g/mol. The summed E-state index contributed by atoms with van der Waals surface area (Å²) < 4.78 is 0. The lowest BCUT2D eigenvalue weighted by Gasteiger charge is -2.31. The lowest BCUT2D eigenvalue weighted by Crippen LogP contribution is -2.41. The monoisotopic (exact) mass is 274 g/mol. The number of hydrogen-bond donors (Lipinski definition) is 1. The van der Waals surface area contributed by atoms with Crippen molar-refractivity contribution in [2.45, 2.75) is 52.1 Å². The van der Waals surface area contributed by atoms with Gasteiger partial charge in [-0.05, 0) is 43.8 Å². The smallest absolute Gasteiger partial charge is 0.0237 e. The molecule has 1 N–H and O–H groups in total. The molecule has 1 heterocycles. The number of nitrogens with zero attached hydrogens (tertiary/aromatic N) is 1. The van der Waals surface area contributed by atoms with E-state index in [-0.39, 0.29) is 0 Å². The first-order valence-electron chi connectivity index (χ1n) is 8.24. The molecule has 0 bridgehead atoms. The van der Waals surface area contributed by atoms with Crippen LogP contribution in [0, 0.1) is 5.92 Å². The third-order valence-electron chi connectivity index (χ3n) is 4.26. The highest BCUT2D eigenvalue weighted by atomic mass is 15.2. The Morgan fingerprint density at radius 3 is 2.75 bits per heavy atom. The lowest BCUT2D eigenvalue weighted by molar-refractivity contribution is 0.169. The van der Waals surface area contributed by atoms with Gasteiger partial charge < -0.3 is 5.32 Å². The first kappa shape index (κ1) is 15.5. The van der Waals surface area contributed by atoms with Crippen molar-refractivity contribution >= 4 is 0 Å². The van der Waals surface area contributed by atoms with Gasteiger partial charge in [0.2, 0.25) is 0 Å². The molecule has 2 rings (SSSR count). The van der Waals surface area contributed by atoms with Crippen LogP contribution in [0.25, 0.3) is 0 Å². The van der Waals surface area contributed by atoms with Gasteiger partial charge in [-0.25, -0.2) is 0 Å². The third-order valence-corrected chi connectivity index (χ3v) is 4.26. The molecule has 1 aromatic carbocycles. The summed E-state index contributed by atoms with van der Waals surface area (Å²) >= 11 is 0. The van der Waals surface area contributed by atoms with E-state index in [1.807, 2.05) is 0 Å².